The van der Waals surface area contributed by atoms with E-state index in [-0.39, 0.29) is 11.8 Å². The third kappa shape index (κ3) is 1.57. The van der Waals surface area contributed by atoms with E-state index in [9.17, 15) is 4.79 Å². The number of hydrogen-bond donors (Lipinski definition) is 2. The highest BCUT2D eigenvalue weighted by molar-refractivity contribution is 5.68. The van der Waals surface area contributed by atoms with Crippen molar-refractivity contribution in [3.8, 4) is 0 Å². The summed E-state index contributed by atoms with van der Waals surface area (Å²) in [5, 5.41) is 8.69. The Bertz CT molecular complexity index is 229. The van der Waals surface area contributed by atoms with Gasteiger partial charge in [0.05, 0.1) is 6.42 Å². The number of nitrogens with two attached hydrogens (primary N) is 1. The van der Waals surface area contributed by atoms with Crippen molar-refractivity contribution < 1.29 is 9.90 Å². The van der Waals surface area contributed by atoms with Crippen LogP contribution in [0.4, 0.5) is 0 Å². The first-order valence-electron chi connectivity index (χ1n) is 4.85. The lowest BCUT2D eigenvalue weighted by Gasteiger charge is -2.58. The average molecular weight is 185 g/mol. The Labute approximate surface area is 79.3 Å². The monoisotopic (exact) mass is 185 g/mol. The molecule has 0 amide bonds. The molecule has 3 heteroatoms. The van der Waals surface area contributed by atoms with E-state index in [0.29, 0.717) is 5.92 Å². The summed E-state index contributed by atoms with van der Waals surface area (Å²) in [6, 6.07) is 0. The molecule has 0 aliphatic heterocycles. The molecule has 3 nitrogen and oxygen atoms in total. The van der Waals surface area contributed by atoms with E-state index in [2.05, 4.69) is 20.8 Å². The van der Waals surface area contributed by atoms with Gasteiger partial charge in [0.2, 0.25) is 0 Å². The molecule has 0 bridgehead atoms. The first-order chi connectivity index (χ1) is 5.84. The first kappa shape index (κ1) is 10.5. The molecule has 3 unspecified atom stereocenters. The third-order valence-corrected chi connectivity index (χ3v) is 3.93. The molecule has 0 saturated heterocycles. The second kappa shape index (κ2) is 2.98. The summed E-state index contributed by atoms with van der Waals surface area (Å²) in [5.74, 6) is -0.478. The van der Waals surface area contributed by atoms with Crippen LogP contribution in [0.25, 0.3) is 0 Å². The zero-order valence-electron chi connectivity index (χ0n) is 8.63. The molecule has 3 atom stereocenters. The van der Waals surface area contributed by atoms with E-state index in [0.717, 1.165) is 12.8 Å². The fraction of sp³-hybridized carbons (Fsp3) is 0.900. The van der Waals surface area contributed by atoms with Crippen molar-refractivity contribution in [1.29, 1.82) is 0 Å². The highest BCUT2D eigenvalue weighted by Crippen LogP contribution is 2.55. The van der Waals surface area contributed by atoms with Gasteiger partial charge in [-0.1, -0.05) is 27.2 Å². The van der Waals surface area contributed by atoms with Gasteiger partial charge in [0.15, 0.2) is 0 Å². The fourth-order valence-electron chi connectivity index (χ4n) is 2.55. The smallest absolute Gasteiger partial charge is 0.305 e. The van der Waals surface area contributed by atoms with E-state index < -0.39 is 11.5 Å². The van der Waals surface area contributed by atoms with Gasteiger partial charge in [0.1, 0.15) is 0 Å². The number of rotatable bonds is 3. The Hall–Kier alpha value is -0.570. The summed E-state index contributed by atoms with van der Waals surface area (Å²) in [6.45, 7) is 6.39. The lowest BCUT2D eigenvalue weighted by atomic mass is 9.49. The SMILES string of the molecule is CCC1(C)CC(N)(CC(=O)O)C1C. The van der Waals surface area contributed by atoms with E-state index in [4.69, 9.17) is 10.8 Å². The van der Waals surface area contributed by atoms with Crippen LogP contribution in [0.15, 0.2) is 0 Å². The topological polar surface area (TPSA) is 63.3 Å². The number of aliphatic carboxylic acids is 1. The van der Waals surface area contributed by atoms with Crippen molar-refractivity contribution in [3.63, 3.8) is 0 Å². The maximum absolute atomic E-state index is 10.6. The van der Waals surface area contributed by atoms with Gasteiger partial charge in [-0.25, -0.2) is 0 Å². The minimum atomic E-state index is -0.785. The standard InChI is InChI=1S/C10H19NO2/c1-4-9(3)6-10(11,7(9)2)5-8(12)13/h7H,4-6,11H2,1-3H3,(H,12,13). The van der Waals surface area contributed by atoms with Crippen LogP contribution >= 0.6 is 0 Å². The zero-order chi connectivity index (χ0) is 10.3. The van der Waals surface area contributed by atoms with Crippen LogP contribution < -0.4 is 5.73 Å². The maximum Gasteiger partial charge on any atom is 0.305 e. The lowest BCUT2D eigenvalue weighted by molar-refractivity contribution is -0.144. The van der Waals surface area contributed by atoms with Crippen LogP contribution in [-0.4, -0.2) is 16.6 Å². The molecule has 3 N–H and O–H groups in total. The van der Waals surface area contributed by atoms with Crippen LogP contribution in [0, 0.1) is 11.3 Å². The Balaban J connectivity index is 2.64. The molecule has 1 saturated carbocycles. The van der Waals surface area contributed by atoms with Crippen LogP contribution in [-0.2, 0) is 4.79 Å². The molecule has 1 aliphatic carbocycles. The highest BCUT2D eigenvalue weighted by atomic mass is 16.4. The molecule has 0 aromatic carbocycles. The fourth-order valence-corrected chi connectivity index (χ4v) is 2.55. The van der Waals surface area contributed by atoms with Gasteiger partial charge in [-0.05, 0) is 17.8 Å². The van der Waals surface area contributed by atoms with E-state index >= 15 is 0 Å². The third-order valence-electron chi connectivity index (χ3n) is 3.93. The number of carbonyl (C=O) groups is 1. The van der Waals surface area contributed by atoms with Crippen molar-refractivity contribution in [3.05, 3.63) is 0 Å². The molecule has 0 spiro atoms. The second-order valence-corrected chi connectivity index (χ2v) is 4.71. The van der Waals surface area contributed by atoms with Crippen molar-refractivity contribution in [1.82, 2.24) is 0 Å². The Morgan fingerprint density at radius 2 is 2.23 bits per heavy atom. The van der Waals surface area contributed by atoms with Crippen LogP contribution in [0.1, 0.15) is 40.0 Å². The summed E-state index contributed by atoms with van der Waals surface area (Å²) in [4.78, 5) is 10.6. The molecule has 0 aromatic heterocycles. The average Bonchev–Trinajstić information content (AvgIpc) is 2.02. The quantitative estimate of drug-likeness (QED) is 0.702. The Kier molecular flexibility index (Phi) is 2.41. The lowest BCUT2D eigenvalue weighted by Crippen LogP contribution is -2.65. The molecule has 1 fully saturated rings. The van der Waals surface area contributed by atoms with E-state index in [1.807, 2.05) is 0 Å². The second-order valence-electron chi connectivity index (χ2n) is 4.71. The predicted octanol–water partition coefficient (Wildman–Crippen LogP) is 1.61. The van der Waals surface area contributed by atoms with Gasteiger partial charge in [-0.3, -0.25) is 4.79 Å². The van der Waals surface area contributed by atoms with Gasteiger partial charge in [-0.2, -0.15) is 0 Å². The maximum atomic E-state index is 10.6. The minimum absolute atomic E-state index is 0.101. The molecule has 0 aromatic rings. The number of hydrogen-bond acceptors (Lipinski definition) is 2. The van der Waals surface area contributed by atoms with Gasteiger partial charge >= 0.3 is 5.97 Å². The number of carboxylic acids is 1. The van der Waals surface area contributed by atoms with Crippen molar-refractivity contribution in [2.24, 2.45) is 17.1 Å². The molecule has 13 heavy (non-hydrogen) atoms. The highest BCUT2D eigenvalue weighted by Gasteiger charge is 2.55. The number of carboxylic acid groups (broad SMARTS) is 1. The summed E-state index contributed by atoms with van der Waals surface area (Å²) in [7, 11) is 0. The van der Waals surface area contributed by atoms with Gasteiger partial charge in [0.25, 0.3) is 0 Å². The summed E-state index contributed by atoms with van der Waals surface area (Å²) < 4.78 is 0. The summed E-state index contributed by atoms with van der Waals surface area (Å²) >= 11 is 0. The minimum Gasteiger partial charge on any atom is -0.481 e. The van der Waals surface area contributed by atoms with Gasteiger partial charge in [-0.15, -0.1) is 0 Å². The van der Waals surface area contributed by atoms with Crippen molar-refractivity contribution in [2.45, 2.75) is 45.6 Å². The summed E-state index contributed by atoms with van der Waals surface area (Å²) in [6.07, 6.45) is 2.01. The zero-order valence-corrected chi connectivity index (χ0v) is 8.63. The molecule has 76 valence electrons. The van der Waals surface area contributed by atoms with Crippen molar-refractivity contribution in [2.75, 3.05) is 0 Å². The molecule has 0 heterocycles. The van der Waals surface area contributed by atoms with Crippen LogP contribution in [0.5, 0.6) is 0 Å². The van der Waals surface area contributed by atoms with Crippen molar-refractivity contribution >= 4 is 5.97 Å². The normalized spacial score (nSPS) is 44.2. The van der Waals surface area contributed by atoms with Crippen LogP contribution in [0.2, 0.25) is 0 Å². The van der Waals surface area contributed by atoms with E-state index in [1.165, 1.54) is 0 Å². The van der Waals surface area contributed by atoms with Crippen LogP contribution in [0.3, 0.4) is 0 Å². The van der Waals surface area contributed by atoms with Gasteiger partial charge < -0.3 is 10.8 Å². The molecular formula is C10H19NO2. The summed E-state index contributed by atoms with van der Waals surface area (Å²) in [5.41, 5.74) is 5.81. The molecule has 0 radical (unpaired) electrons. The predicted molar refractivity (Wildman–Crippen MR) is 51.4 cm³/mol. The Morgan fingerprint density at radius 3 is 2.54 bits per heavy atom. The first-order valence-corrected chi connectivity index (χ1v) is 4.85. The molecule has 1 aliphatic rings. The van der Waals surface area contributed by atoms with Gasteiger partial charge in [0, 0.05) is 5.54 Å². The largest absolute Gasteiger partial charge is 0.481 e. The molecular weight excluding hydrogens is 166 g/mol. The molecule has 1 rings (SSSR count). The Morgan fingerprint density at radius 1 is 1.69 bits per heavy atom. The van der Waals surface area contributed by atoms with E-state index in [1.54, 1.807) is 0 Å².